The van der Waals surface area contributed by atoms with E-state index in [9.17, 15) is 31.5 Å². The monoisotopic (exact) mass is 420 g/mol. The maximum atomic E-state index is 13.7. The standard InChI is InChI=1S/C18H17F5N2O4/c1-7(25(3)6-9-5-10(8(2)29-9)18(27)28-4)17(26)24-16-14(22)12(20)11(19)13(21)15(16)23/h5,7H,6H2,1-4H3,(H,24,26). The summed E-state index contributed by atoms with van der Waals surface area (Å²) in [5.41, 5.74) is -1.25. The summed E-state index contributed by atoms with van der Waals surface area (Å²) in [6, 6.07) is 0.351. The molecule has 6 nitrogen and oxygen atoms in total. The van der Waals surface area contributed by atoms with Gasteiger partial charge < -0.3 is 14.5 Å². The zero-order valence-corrected chi connectivity index (χ0v) is 15.8. The molecule has 0 fully saturated rings. The van der Waals surface area contributed by atoms with Crippen LogP contribution in [0.4, 0.5) is 27.6 Å². The fourth-order valence-electron chi connectivity index (χ4n) is 2.46. The molecule has 1 amide bonds. The fraction of sp³-hybridized carbons (Fsp3) is 0.333. The van der Waals surface area contributed by atoms with Crippen LogP contribution in [0.3, 0.4) is 0 Å². The average Bonchev–Trinajstić information content (AvgIpc) is 3.06. The summed E-state index contributed by atoms with van der Waals surface area (Å²) in [5, 5.41) is 1.72. The predicted molar refractivity (Wildman–Crippen MR) is 90.6 cm³/mol. The zero-order chi connectivity index (χ0) is 22.0. The molecule has 0 saturated carbocycles. The number of ether oxygens (including phenoxy) is 1. The molecule has 1 atom stereocenters. The highest BCUT2D eigenvalue weighted by molar-refractivity contribution is 5.94. The first-order valence-corrected chi connectivity index (χ1v) is 8.19. The summed E-state index contributed by atoms with van der Waals surface area (Å²) in [6.07, 6.45) is 0. The maximum absolute atomic E-state index is 13.7. The first-order valence-electron chi connectivity index (χ1n) is 8.19. The van der Waals surface area contributed by atoms with Crippen LogP contribution < -0.4 is 5.32 Å². The first kappa shape index (κ1) is 22.3. The minimum absolute atomic E-state index is 0.00350. The predicted octanol–water partition coefficient (Wildman–Crippen LogP) is 3.53. The highest BCUT2D eigenvalue weighted by atomic mass is 19.2. The van der Waals surface area contributed by atoms with E-state index in [-0.39, 0.29) is 12.1 Å². The van der Waals surface area contributed by atoms with Crippen molar-refractivity contribution in [3.8, 4) is 0 Å². The summed E-state index contributed by atoms with van der Waals surface area (Å²) in [4.78, 5) is 25.2. The van der Waals surface area contributed by atoms with Crippen molar-refractivity contribution in [2.75, 3.05) is 19.5 Å². The Hall–Kier alpha value is -2.95. The lowest BCUT2D eigenvalue weighted by molar-refractivity contribution is -0.120. The molecule has 1 heterocycles. The second-order valence-corrected chi connectivity index (χ2v) is 6.20. The Morgan fingerprint density at radius 2 is 1.62 bits per heavy atom. The van der Waals surface area contributed by atoms with Gasteiger partial charge >= 0.3 is 5.97 Å². The van der Waals surface area contributed by atoms with E-state index < -0.39 is 52.7 Å². The van der Waals surface area contributed by atoms with Gasteiger partial charge in [0.1, 0.15) is 22.8 Å². The number of nitrogens with one attached hydrogen (secondary N) is 1. The fourth-order valence-corrected chi connectivity index (χ4v) is 2.46. The summed E-state index contributed by atoms with van der Waals surface area (Å²) >= 11 is 0. The molecular weight excluding hydrogens is 403 g/mol. The molecule has 2 rings (SSSR count). The molecule has 1 aromatic heterocycles. The number of carbonyl (C=O) groups is 2. The van der Waals surface area contributed by atoms with Crippen LogP contribution in [-0.2, 0) is 16.1 Å². The first-order chi connectivity index (χ1) is 13.5. The maximum Gasteiger partial charge on any atom is 0.341 e. The van der Waals surface area contributed by atoms with Gasteiger partial charge in [-0.1, -0.05) is 0 Å². The van der Waals surface area contributed by atoms with Gasteiger partial charge in [-0.2, -0.15) is 0 Å². The summed E-state index contributed by atoms with van der Waals surface area (Å²) in [6.45, 7) is 2.89. The van der Waals surface area contributed by atoms with Crippen molar-refractivity contribution in [1.82, 2.24) is 4.90 Å². The number of furan rings is 1. The van der Waals surface area contributed by atoms with Gasteiger partial charge in [0.2, 0.25) is 11.7 Å². The van der Waals surface area contributed by atoms with Crippen molar-refractivity contribution in [1.29, 1.82) is 0 Å². The van der Waals surface area contributed by atoms with Crippen LogP contribution in [-0.4, -0.2) is 37.0 Å². The van der Waals surface area contributed by atoms with E-state index in [0.29, 0.717) is 11.5 Å². The molecule has 0 aliphatic rings. The third-order valence-corrected chi connectivity index (χ3v) is 4.28. The van der Waals surface area contributed by atoms with Crippen molar-refractivity contribution in [2.45, 2.75) is 26.4 Å². The molecule has 0 aliphatic carbocycles. The van der Waals surface area contributed by atoms with Crippen LogP contribution in [0.2, 0.25) is 0 Å². The van der Waals surface area contributed by atoms with Crippen LogP contribution in [0.25, 0.3) is 0 Å². The lowest BCUT2D eigenvalue weighted by Crippen LogP contribution is -2.39. The number of anilines is 1. The SMILES string of the molecule is COC(=O)c1cc(CN(C)C(C)C(=O)Nc2c(F)c(F)c(F)c(F)c2F)oc1C. The van der Waals surface area contributed by atoms with Crippen molar-refractivity contribution in [2.24, 2.45) is 0 Å². The molecule has 1 aromatic carbocycles. The lowest BCUT2D eigenvalue weighted by atomic mass is 10.2. The number of esters is 1. The van der Waals surface area contributed by atoms with Crippen LogP contribution in [0, 0.1) is 36.0 Å². The van der Waals surface area contributed by atoms with Crippen molar-refractivity contribution in [3.63, 3.8) is 0 Å². The molecule has 0 radical (unpaired) electrons. The third-order valence-electron chi connectivity index (χ3n) is 4.28. The summed E-state index contributed by atoms with van der Waals surface area (Å²) in [5.74, 6) is -12.0. The number of carbonyl (C=O) groups excluding carboxylic acids is 2. The van der Waals surface area contributed by atoms with Gasteiger partial charge in [0.15, 0.2) is 23.3 Å². The van der Waals surface area contributed by atoms with Gasteiger partial charge in [-0.3, -0.25) is 9.69 Å². The second kappa shape index (κ2) is 8.60. The van der Waals surface area contributed by atoms with E-state index in [1.165, 1.54) is 39.0 Å². The van der Waals surface area contributed by atoms with Gasteiger partial charge in [0.05, 0.1) is 19.7 Å². The highest BCUT2D eigenvalue weighted by Gasteiger charge is 2.29. The number of likely N-dealkylation sites (N-methyl/N-ethyl adjacent to an activating group) is 1. The molecule has 2 aromatic rings. The van der Waals surface area contributed by atoms with Crippen molar-refractivity contribution >= 4 is 17.6 Å². The van der Waals surface area contributed by atoms with Crippen LogP contribution in [0.1, 0.15) is 28.8 Å². The van der Waals surface area contributed by atoms with Gasteiger partial charge in [-0.05, 0) is 27.0 Å². The van der Waals surface area contributed by atoms with Crippen molar-refractivity contribution in [3.05, 3.63) is 52.2 Å². The number of rotatable bonds is 6. The summed E-state index contributed by atoms with van der Waals surface area (Å²) in [7, 11) is 2.66. The average molecular weight is 420 g/mol. The quantitative estimate of drug-likeness (QED) is 0.335. The minimum atomic E-state index is -2.32. The molecule has 11 heteroatoms. The molecule has 0 saturated heterocycles. The van der Waals surface area contributed by atoms with E-state index in [4.69, 9.17) is 4.42 Å². The molecule has 1 N–H and O–H groups in total. The third kappa shape index (κ3) is 4.39. The number of amides is 1. The molecule has 1 unspecified atom stereocenters. The Morgan fingerprint density at radius 3 is 2.14 bits per heavy atom. The number of hydrogen-bond acceptors (Lipinski definition) is 5. The molecule has 0 bridgehead atoms. The van der Waals surface area contributed by atoms with E-state index in [2.05, 4.69) is 4.74 Å². The van der Waals surface area contributed by atoms with Gasteiger partial charge in [-0.25, -0.2) is 26.7 Å². The number of hydrogen-bond donors (Lipinski definition) is 1. The smallest absolute Gasteiger partial charge is 0.341 e. The van der Waals surface area contributed by atoms with Gasteiger partial charge in [-0.15, -0.1) is 0 Å². The topological polar surface area (TPSA) is 71.8 Å². The highest BCUT2D eigenvalue weighted by Crippen LogP contribution is 2.27. The Balaban J connectivity index is 2.16. The van der Waals surface area contributed by atoms with E-state index in [1.54, 1.807) is 5.32 Å². The zero-order valence-electron chi connectivity index (χ0n) is 15.8. The van der Waals surface area contributed by atoms with E-state index in [1.807, 2.05) is 0 Å². The molecule has 29 heavy (non-hydrogen) atoms. The van der Waals surface area contributed by atoms with Gasteiger partial charge in [0.25, 0.3) is 0 Å². The minimum Gasteiger partial charge on any atom is -0.465 e. The number of methoxy groups -OCH3 is 1. The van der Waals surface area contributed by atoms with Crippen LogP contribution in [0.15, 0.2) is 10.5 Å². The Labute approximate surface area is 162 Å². The largest absolute Gasteiger partial charge is 0.465 e. The van der Waals surface area contributed by atoms with Crippen LogP contribution in [0.5, 0.6) is 0 Å². The second-order valence-electron chi connectivity index (χ2n) is 6.20. The lowest BCUT2D eigenvalue weighted by Gasteiger charge is -2.23. The van der Waals surface area contributed by atoms with Gasteiger partial charge in [0, 0.05) is 0 Å². The number of halogens is 5. The Bertz CT molecular complexity index is 931. The molecule has 0 aliphatic heterocycles. The molecular formula is C18H17F5N2O4. The Kier molecular flexibility index (Phi) is 6.62. The van der Waals surface area contributed by atoms with Crippen molar-refractivity contribution < 1.29 is 40.7 Å². The van der Waals surface area contributed by atoms with E-state index in [0.717, 1.165) is 0 Å². The summed E-state index contributed by atoms with van der Waals surface area (Å²) < 4.78 is 77.1. The number of benzene rings is 1. The number of aryl methyl sites for hydroxylation is 1. The molecule has 158 valence electrons. The van der Waals surface area contributed by atoms with Crippen LogP contribution >= 0.6 is 0 Å². The number of nitrogens with zero attached hydrogens (tertiary/aromatic N) is 1. The molecule has 0 spiro atoms. The normalized spacial score (nSPS) is 12.2. The Morgan fingerprint density at radius 1 is 1.10 bits per heavy atom. The van der Waals surface area contributed by atoms with E-state index >= 15 is 0 Å².